The molecule has 2 amide bonds. The Morgan fingerprint density at radius 3 is 2.62 bits per heavy atom. The fourth-order valence-electron chi connectivity index (χ4n) is 3.06. The molecule has 0 radical (unpaired) electrons. The van der Waals surface area contributed by atoms with Crippen LogP contribution in [0, 0.1) is 5.82 Å². The number of aromatic nitrogens is 1. The van der Waals surface area contributed by atoms with Gasteiger partial charge in [0.2, 0.25) is 11.8 Å². The minimum absolute atomic E-state index is 0.141. The molecule has 112 valence electrons. The van der Waals surface area contributed by atoms with Crippen LogP contribution in [0.4, 0.5) is 4.39 Å². The number of hydrogen-bond acceptors (Lipinski definition) is 4. The molecule has 0 spiro atoms. The van der Waals surface area contributed by atoms with Gasteiger partial charge in [-0.3, -0.25) is 19.9 Å². The minimum Gasteiger partial charge on any atom is -0.317 e. The van der Waals surface area contributed by atoms with E-state index in [0.29, 0.717) is 17.7 Å². The Morgan fingerprint density at radius 1 is 1.19 bits per heavy atom. The summed E-state index contributed by atoms with van der Waals surface area (Å²) in [6.07, 6.45) is 4.04. The summed E-state index contributed by atoms with van der Waals surface area (Å²) >= 11 is 0. The first-order valence-electron chi connectivity index (χ1n) is 7.35. The van der Waals surface area contributed by atoms with Crippen molar-refractivity contribution in [1.29, 1.82) is 0 Å². The van der Waals surface area contributed by atoms with E-state index in [4.69, 9.17) is 0 Å². The first kappa shape index (κ1) is 14.1. The van der Waals surface area contributed by atoms with E-state index in [1.807, 2.05) is 0 Å². The van der Waals surface area contributed by atoms with Crippen molar-refractivity contribution in [1.82, 2.24) is 15.6 Å². The number of amides is 2. The fraction of sp³-hybridized carbons (Fsp3) is 0.533. The number of carbonyl (C=O) groups is 2. The van der Waals surface area contributed by atoms with Crippen LogP contribution >= 0.6 is 0 Å². The normalized spacial score (nSPS) is 24.0. The second-order valence-electron chi connectivity index (χ2n) is 5.66. The Kier molecular flexibility index (Phi) is 3.96. The molecule has 1 unspecified atom stereocenters. The van der Waals surface area contributed by atoms with E-state index in [2.05, 4.69) is 15.6 Å². The zero-order valence-electron chi connectivity index (χ0n) is 11.7. The van der Waals surface area contributed by atoms with Crippen LogP contribution in [-0.2, 0) is 9.59 Å². The highest BCUT2D eigenvalue weighted by molar-refractivity contribution is 6.00. The molecule has 0 bridgehead atoms. The number of halogens is 1. The number of nitrogens with zero attached hydrogens (tertiary/aromatic N) is 1. The van der Waals surface area contributed by atoms with E-state index >= 15 is 0 Å². The second-order valence-corrected chi connectivity index (χ2v) is 5.66. The van der Waals surface area contributed by atoms with Crippen LogP contribution in [0.5, 0.6) is 0 Å². The average molecular weight is 291 g/mol. The molecule has 1 atom stereocenters. The van der Waals surface area contributed by atoms with Crippen molar-refractivity contribution < 1.29 is 14.0 Å². The van der Waals surface area contributed by atoms with E-state index in [-0.39, 0.29) is 30.0 Å². The van der Waals surface area contributed by atoms with Gasteiger partial charge in [0.25, 0.3) is 0 Å². The molecular weight excluding hydrogens is 273 g/mol. The summed E-state index contributed by atoms with van der Waals surface area (Å²) in [5, 5.41) is 5.53. The Balaban J connectivity index is 1.80. The van der Waals surface area contributed by atoms with Crippen LogP contribution < -0.4 is 10.6 Å². The molecule has 0 aromatic carbocycles. The number of carbonyl (C=O) groups excluding carboxylic acids is 2. The van der Waals surface area contributed by atoms with E-state index < -0.39 is 5.92 Å². The molecule has 2 aliphatic heterocycles. The van der Waals surface area contributed by atoms with Gasteiger partial charge in [-0.05, 0) is 44.0 Å². The van der Waals surface area contributed by atoms with E-state index in [9.17, 15) is 14.0 Å². The van der Waals surface area contributed by atoms with E-state index in [1.165, 1.54) is 6.07 Å². The van der Waals surface area contributed by atoms with Gasteiger partial charge in [0, 0.05) is 18.5 Å². The number of hydrogen-bond donors (Lipinski definition) is 2. The standard InChI is InChI=1S/C15H18FN3O2/c16-12-7-10(11-1-2-13(20)19-15(11)21)8-18-14(12)9-3-5-17-6-4-9/h7-9,11,17H,1-6H2,(H,19,20,21). The summed E-state index contributed by atoms with van der Waals surface area (Å²) in [5.74, 6) is -1.31. The Hall–Kier alpha value is -1.82. The molecule has 5 nitrogen and oxygen atoms in total. The van der Waals surface area contributed by atoms with Crippen LogP contribution in [0.1, 0.15) is 48.8 Å². The fourth-order valence-corrected chi connectivity index (χ4v) is 3.06. The molecule has 0 aliphatic carbocycles. The van der Waals surface area contributed by atoms with Gasteiger partial charge in [-0.25, -0.2) is 4.39 Å². The summed E-state index contributed by atoms with van der Waals surface area (Å²) in [5.41, 5.74) is 1.04. The second kappa shape index (κ2) is 5.89. The highest BCUT2D eigenvalue weighted by Gasteiger charge is 2.29. The number of nitrogens with one attached hydrogen (secondary N) is 2. The highest BCUT2D eigenvalue weighted by atomic mass is 19.1. The van der Waals surface area contributed by atoms with Crippen molar-refractivity contribution in [3.05, 3.63) is 29.3 Å². The molecule has 0 saturated carbocycles. The van der Waals surface area contributed by atoms with Crippen LogP contribution in [-0.4, -0.2) is 29.9 Å². The topological polar surface area (TPSA) is 71.1 Å². The zero-order chi connectivity index (χ0) is 14.8. The van der Waals surface area contributed by atoms with Crippen molar-refractivity contribution in [2.24, 2.45) is 0 Å². The summed E-state index contributed by atoms with van der Waals surface area (Å²) in [7, 11) is 0. The molecule has 2 N–H and O–H groups in total. The SMILES string of the molecule is O=C1CCC(c2cnc(C3CCNCC3)c(F)c2)C(=O)N1. The third kappa shape index (κ3) is 2.95. The summed E-state index contributed by atoms with van der Waals surface area (Å²) in [6, 6.07) is 1.41. The molecular formula is C15H18FN3O2. The maximum Gasteiger partial charge on any atom is 0.234 e. The quantitative estimate of drug-likeness (QED) is 0.803. The zero-order valence-corrected chi connectivity index (χ0v) is 11.7. The summed E-state index contributed by atoms with van der Waals surface area (Å²) in [6.45, 7) is 1.75. The van der Waals surface area contributed by atoms with Gasteiger partial charge < -0.3 is 5.32 Å². The van der Waals surface area contributed by atoms with Gasteiger partial charge in [-0.2, -0.15) is 0 Å². The van der Waals surface area contributed by atoms with Crippen molar-refractivity contribution in [2.45, 2.75) is 37.5 Å². The molecule has 1 aromatic heterocycles. The van der Waals surface area contributed by atoms with Crippen molar-refractivity contribution in [3.8, 4) is 0 Å². The molecule has 3 rings (SSSR count). The molecule has 6 heteroatoms. The molecule has 2 saturated heterocycles. The van der Waals surface area contributed by atoms with E-state index in [1.54, 1.807) is 6.20 Å². The van der Waals surface area contributed by atoms with Crippen molar-refractivity contribution >= 4 is 11.8 Å². The number of imide groups is 1. The lowest BCUT2D eigenvalue weighted by atomic mass is 9.89. The van der Waals surface area contributed by atoms with Gasteiger partial charge in [0.1, 0.15) is 5.82 Å². The van der Waals surface area contributed by atoms with Crippen LogP contribution in [0.2, 0.25) is 0 Å². The monoisotopic (exact) mass is 291 g/mol. The van der Waals surface area contributed by atoms with Crippen molar-refractivity contribution in [2.75, 3.05) is 13.1 Å². The van der Waals surface area contributed by atoms with E-state index in [0.717, 1.165) is 25.9 Å². The van der Waals surface area contributed by atoms with Crippen LogP contribution in [0.15, 0.2) is 12.3 Å². The first-order chi connectivity index (χ1) is 10.1. The predicted octanol–water partition coefficient (Wildman–Crippen LogP) is 1.21. The molecule has 21 heavy (non-hydrogen) atoms. The third-order valence-electron chi connectivity index (χ3n) is 4.26. The largest absolute Gasteiger partial charge is 0.317 e. The third-order valence-corrected chi connectivity index (χ3v) is 4.26. The van der Waals surface area contributed by atoms with Gasteiger partial charge in [-0.15, -0.1) is 0 Å². The van der Waals surface area contributed by atoms with Gasteiger partial charge in [0.15, 0.2) is 0 Å². The summed E-state index contributed by atoms with van der Waals surface area (Å²) < 4.78 is 14.3. The Labute approximate surface area is 122 Å². The van der Waals surface area contributed by atoms with Gasteiger partial charge in [-0.1, -0.05) is 0 Å². The van der Waals surface area contributed by atoms with Crippen LogP contribution in [0.25, 0.3) is 0 Å². The number of piperidine rings is 2. The smallest absolute Gasteiger partial charge is 0.234 e. The van der Waals surface area contributed by atoms with Crippen LogP contribution in [0.3, 0.4) is 0 Å². The Morgan fingerprint density at radius 2 is 1.95 bits per heavy atom. The van der Waals surface area contributed by atoms with Gasteiger partial charge >= 0.3 is 0 Å². The number of pyridine rings is 1. The van der Waals surface area contributed by atoms with Gasteiger partial charge in [0.05, 0.1) is 11.6 Å². The maximum absolute atomic E-state index is 14.3. The Bertz CT molecular complexity index is 570. The molecule has 2 fully saturated rings. The highest BCUT2D eigenvalue weighted by Crippen LogP contribution is 2.29. The average Bonchev–Trinajstić information content (AvgIpc) is 2.48. The summed E-state index contributed by atoms with van der Waals surface area (Å²) in [4.78, 5) is 27.2. The molecule has 1 aromatic rings. The molecule has 3 heterocycles. The van der Waals surface area contributed by atoms with Crippen molar-refractivity contribution in [3.63, 3.8) is 0 Å². The molecule has 2 aliphatic rings. The number of rotatable bonds is 2. The minimum atomic E-state index is -0.480. The predicted molar refractivity (Wildman–Crippen MR) is 74.2 cm³/mol. The first-order valence-corrected chi connectivity index (χ1v) is 7.35. The lowest BCUT2D eigenvalue weighted by Gasteiger charge is -2.24. The maximum atomic E-state index is 14.3. The lowest BCUT2D eigenvalue weighted by molar-refractivity contribution is -0.134. The lowest BCUT2D eigenvalue weighted by Crippen LogP contribution is -2.39.